The van der Waals surface area contributed by atoms with Gasteiger partial charge in [0.2, 0.25) is 0 Å². The number of carbonyl (C=O) groups is 2. The molecule has 7 nitrogen and oxygen atoms in total. The van der Waals surface area contributed by atoms with Crippen LogP contribution in [0.5, 0.6) is 0 Å². The zero-order valence-electron chi connectivity index (χ0n) is 22.8. The number of aliphatic carboxylic acids is 1. The Morgan fingerprint density at radius 3 is 1.64 bits per heavy atom. The molecule has 44 heavy (non-hydrogen) atoms. The van der Waals surface area contributed by atoms with Crippen molar-refractivity contribution in [2.45, 2.75) is 11.5 Å². The van der Waals surface area contributed by atoms with Crippen molar-refractivity contribution in [3.8, 4) is 0 Å². The third kappa shape index (κ3) is 14.3. The summed E-state index contributed by atoms with van der Waals surface area (Å²) in [6, 6.07) is 26.7. The number of carbonyl (C=O) groups excluding carboxylic acids is 1. The van der Waals surface area contributed by atoms with Crippen LogP contribution in [-0.4, -0.2) is 40.0 Å². The summed E-state index contributed by atoms with van der Waals surface area (Å²) in [7, 11) is -7.14. The highest BCUT2D eigenvalue weighted by Gasteiger charge is 2.17. The number of rotatable bonds is 9. The van der Waals surface area contributed by atoms with Crippen molar-refractivity contribution < 1.29 is 40.3 Å². The van der Waals surface area contributed by atoms with E-state index in [2.05, 4.69) is 31.9 Å². The molecule has 0 fully saturated rings. The Morgan fingerprint density at radius 1 is 0.705 bits per heavy atom. The van der Waals surface area contributed by atoms with E-state index >= 15 is 0 Å². The normalized spacial score (nSPS) is 11.3. The number of hydrogen-bond acceptors (Lipinski definition) is 6. The SMILES string of the molecule is O=C(O)CS(=O)(=O)Cc1ccc(F)cc1.O=Cc1ccc(Br)cc1.O=S(=O)(Cc1ccc(F)cc1)C(Br)=Cc1ccccc1. The van der Waals surface area contributed by atoms with Crippen molar-refractivity contribution >= 4 is 69.9 Å². The Hall–Kier alpha value is -3.52. The molecule has 13 heteroatoms. The molecule has 0 heterocycles. The molecular weight excluding hydrogens is 746 g/mol. The summed E-state index contributed by atoms with van der Waals surface area (Å²) in [5, 5.41) is 8.33. The van der Waals surface area contributed by atoms with Crippen LogP contribution in [0.3, 0.4) is 0 Å². The van der Waals surface area contributed by atoms with Crippen molar-refractivity contribution in [1.29, 1.82) is 0 Å². The fourth-order valence-corrected chi connectivity index (χ4v) is 6.39. The minimum atomic E-state index is -3.67. The van der Waals surface area contributed by atoms with Crippen molar-refractivity contribution in [1.82, 2.24) is 0 Å². The average molecular weight is 772 g/mol. The lowest BCUT2D eigenvalue weighted by Gasteiger charge is -2.04. The smallest absolute Gasteiger partial charge is 0.318 e. The summed E-state index contributed by atoms with van der Waals surface area (Å²) in [5.41, 5.74) is 2.42. The van der Waals surface area contributed by atoms with E-state index in [-0.39, 0.29) is 21.1 Å². The van der Waals surface area contributed by atoms with Gasteiger partial charge in [0.15, 0.2) is 19.7 Å². The largest absolute Gasteiger partial charge is 0.480 e. The summed E-state index contributed by atoms with van der Waals surface area (Å²) in [4.78, 5) is 20.3. The lowest BCUT2D eigenvalue weighted by Crippen LogP contribution is -2.16. The second-order valence-corrected chi connectivity index (χ2v) is 15.3. The van der Waals surface area contributed by atoms with Gasteiger partial charge in [-0.2, -0.15) is 0 Å². The van der Waals surface area contributed by atoms with E-state index in [1.165, 1.54) is 36.4 Å². The van der Waals surface area contributed by atoms with Gasteiger partial charge in [-0.25, -0.2) is 25.6 Å². The fourth-order valence-electron chi connectivity index (χ4n) is 3.25. The molecule has 0 spiro atoms. The molecule has 1 N–H and O–H groups in total. The molecule has 4 rings (SSSR count). The Morgan fingerprint density at radius 2 is 1.18 bits per heavy atom. The molecule has 0 atom stereocenters. The number of carboxylic acids is 1. The maximum Gasteiger partial charge on any atom is 0.318 e. The van der Waals surface area contributed by atoms with Gasteiger partial charge in [0.25, 0.3) is 0 Å². The molecule has 232 valence electrons. The third-order valence-electron chi connectivity index (χ3n) is 5.30. The predicted octanol–water partition coefficient (Wildman–Crippen LogP) is 7.22. The summed E-state index contributed by atoms with van der Waals surface area (Å²) >= 11 is 6.37. The van der Waals surface area contributed by atoms with Crippen LogP contribution >= 0.6 is 31.9 Å². The maximum atomic E-state index is 12.8. The second-order valence-electron chi connectivity index (χ2n) is 8.97. The predicted molar refractivity (Wildman–Crippen MR) is 173 cm³/mol. The van der Waals surface area contributed by atoms with Gasteiger partial charge in [0, 0.05) is 10.0 Å². The highest BCUT2D eigenvalue weighted by atomic mass is 79.9. The summed E-state index contributed by atoms with van der Waals surface area (Å²) < 4.78 is 73.2. The van der Waals surface area contributed by atoms with Gasteiger partial charge in [-0.15, -0.1) is 0 Å². The molecule has 4 aromatic rings. The number of halogens is 4. The molecule has 0 unspecified atom stereocenters. The first-order valence-corrected chi connectivity index (χ1v) is 17.5. The van der Waals surface area contributed by atoms with Gasteiger partial charge in [-0.1, -0.05) is 82.7 Å². The topological polar surface area (TPSA) is 123 Å². The third-order valence-corrected chi connectivity index (χ3v) is 10.4. The van der Waals surface area contributed by atoms with Crippen LogP contribution in [0.25, 0.3) is 6.08 Å². The van der Waals surface area contributed by atoms with Gasteiger partial charge in [0.1, 0.15) is 27.5 Å². The molecule has 0 aliphatic carbocycles. The molecule has 0 bridgehead atoms. The van der Waals surface area contributed by atoms with E-state index in [9.17, 15) is 35.2 Å². The van der Waals surface area contributed by atoms with E-state index in [4.69, 9.17) is 5.11 Å². The second kappa shape index (κ2) is 17.7. The van der Waals surface area contributed by atoms with E-state index in [0.717, 1.165) is 28.5 Å². The Kier molecular flexibility index (Phi) is 14.7. The molecule has 0 radical (unpaired) electrons. The Bertz CT molecular complexity index is 1760. The minimum absolute atomic E-state index is 0.112. The van der Waals surface area contributed by atoms with Gasteiger partial charge in [-0.3, -0.25) is 9.59 Å². The van der Waals surface area contributed by atoms with E-state index in [0.29, 0.717) is 16.7 Å². The van der Waals surface area contributed by atoms with Crippen LogP contribution in [0, 0.1) is 11.6 Å². The number of carboxylic acid groups (broad SMARTS) is 1. The van der Waals surface area contributed by atoms with Gasteiger partial charge >= 0.3 is 5.97 Å². The lowest BCUT2D eigenvalue weighted by atomic mass is 10.2. The fraction of sp³-hybridized carbons (Fsp3) is 0.0968. The van der Waals surface area contributed by atoms with Gasteiger partial charge < -0.3 is 5.11 Å². The van der Waals surface area contributed by atoms with Crippen molar-refractivity contribution in [3.63, 3.8) is 0 Å². The molecule has 0 aliphatic heterocycles. The maximum absolute atomic E-state index is 12.8. The van der Waals surface area contributed by atoms with Gasteiger partial charge in [-0.05, 0) is 75.1 Å². The van der Waals surface area contributed by atoms with Crippen LogP contribution < -0.4 is 0 Å². The van der Waals surface area contributed by atoms with Crippen molar-refractivity contribution in [2.75, 3.05) is 5.75 Å². The molecule has 0 aromatic heterocycles. The van der Waals surface area contributed by atoms with E-state index in [1.54, 1.807) is 18.2 Å². The minimum Gasteiger partial charge on any atom is -0.480 e. The average Bonchev–Trinajstić information content (AvgIpc) is 2.96. The van der Waals surface area contributed by atoms with Crippen LogP contribution in [0.2, 0.25) is 0 Å². The zero-order valence-corrected chi connectivity index (χ0v) is 27.6. The highest BCUT2D eigenvalue weighted by Crippen LogP contribution is 2.23. The number of benzene rings is 4. The summed E-state index contributed by atoms with van der Waals surface area (Å²) in [6.45, 7) is 0. The first-order chi connectivity index (χ1) is 20.7. The first kappa shape index (κ1) is 36.7. The monoisotopic (exact) mass is 770 g/mol. The van der Waals surface area contributed by atoms with Crippen LogP contribution in [0.4, 0.5) is 8.78 Å². The number of hydrogen-bond donors (Lipinski definition) is 1. The molecule has 0 saturated carbocycles. The summed E-state index contributed by atoms with van der Waals surface area (Å²) in [6.07, 6.45) is 2.38. The van der Waals surface area contributed by atoms with Crippen LogP contribution in [0.15, 0.2) is 111 Å². The van der Waals surface area contributed by atoms with E-state index in [1.807, 2.05) is 42.5 Å². The quantitative estimate of drug-likeness (QED) is 0.178. The molecule has 0 aliphatic rings. The van der Waals surface area contributed by atoms with Gasteiger partial charge in [0.05, 0.1) is 11.5 Å². The molecular formula is C31H26Br2F2O7S2. The zero-order chi connectivity index (χ0) is 32.8. The van der Waals surface area contributed by atoms with E-state index < -0.39 is 37.2 Å². The number of sulfone groups is 2. The molecule has 0 saturated heterocycles. The Labute approximate surface area is 271 Å². The van der Waals surface area contributed by atoms with Crippen molar-refractivity contribution in [3.05, 3.63) is 145 Å². The number of aldehydes is 1. The van der Waals surface area contributed by atoms with Crippen molar-refractivity contribution in [2.24, 2.45) is 0 Å². The Balaban J connectivity index is 0.000000247. The van der Waals surface area contributed by atoms with Crippen LogP contribution in [0.1, 0.15) is 27.0 Å². The lowest BCUT2D eigenvalue weighted by molar-refractivity contribution is -0.134. The van der Waals surface area contributed by atoms with Crippen LogP contribution in [-0.2, 0) is 36.0 Å². The standard InChI is InChI=1S/C15H12BrFO2S.C9H9FO4S.C7H5BrO/c16-15(10-12-4-2-1-3-5-12)20(18,19)11-13-6-8-14(17)9-7-13;10-8-3-1-7(2-4-8)5-15(13,14)6-9(11)12;8-7-3-1-6(5-9)2-4-7/h1-10H,11H2;1-4H,5-6H2,(H,11,12);1-5H. The molecule has 4 aromatic carbocycles. The summed E-state index contributed by atoms with van der Waals surface area (Å²) in [5.74, 6) is -3.71. The highest BCUT2D eigenvalue weighted by molar-refractivity contribution is 9.13. The first-order valence-electron chi connectivity index (χ1n) is 12.5. The molecule has 0 amide bonds.